The first-order valence-electron chi connectivity index (χ1n) is 17.1. The molecule has 0 saturated carbocycles. The summed E-state index contributed by atoms with van der Waals surface area (Å²) >= 11 is 1.00. The van der Waals surface area contributed by atoms with Crippen LogP contribution in [0.1, 0.15) is 119 Å². The summed E-state index contributed by atoms with van der Waals surface area (Å²) in [6, 6.07) is 2.13. The highest BCUT2D eigenvalue weighted by Gasteiger charge is 2.32. The Morgan fingerprint density at radius 1 is 1.21 bits per heavy atom. The Bertz CT molecular complexity index is 1670. The first kappa shape index (κ1) is 38.8. The molecule has 0 aliphatic carbocycles. The molecule has 0 spiro atoms. The van der Waals surface area contributed by atoms with Crippen molar-refractivity contribution >= 4 is 44.6 Å². The minimum atomic E-state index is -0.514. The van der Waals surface area contributed by atoms with Crippen LogP contribution in [0.2, 0.25) is 0 Å². The lowest BCUT2D eigenvalue weighted by atomic mass is 9.85. The number of benzene rings is 1. The van der Waals surface area contributed by atoms with Crippen LogP contribution in [0, 0.1) is 17.1 Å². The normalized spacial score (nSPS) is 15.2. The number of anilines is 2. The van der Waals surface area contributed by atoms with E-state index >= 15 is 8.78 Å². The van der Waals surface area contributed by atoms with E-state index in [0.29, 0.717) is 52.7 Å². The van der Waals surface area contributed by atoms with E-state index in [1.165, 1.54) is 18.9 Å². The molecule has 5 rings (SSSR count). The van der Waals surface area contributed by atoms with Crippen LogP contribution in [0.15, 0.2) is 30.5 Å². The zero-order valence-corrected chi connectivity index (χ0v) is 30.5. The van der Waals surface area contributed by atoms with Gasteiger partial charge in [-0.05, 0) is 69.1 Å². The lowest BCUT2D eigenvalue weighted by Gasteiger charge is -2.20. The van der Waals surface area contributed by atoms with Gasteiger partial charge in [-0.2, -0.15) is 5.26 Å². The summed E-state index contributed by atoms with van der Waals surface area (Å²) in [4.78, 5) is 11.5. The van der Waals surface area contributed by atoms with Crippen molar-refractivity contribution in [3.8, 4) is 6.07 Å². The van der Waals surface area contributed by atoms with E-state index < -0.39 is 11.6 Å². The maximum Gasteiger partial charge on any atom is 0.225 e. The molecule has 1 atom stereocenters. The van der Waals surface area contributed by atoms with Crippen LogP contribution < -0.4 is 10.6 Å². The SMILES string of the molecule is C/C=C(/F)c1sc(N)c(C#N)c1/C(=C(\C)CC)c1c2c(c3cnc(N4CCCC4)nc3c1F)COC2.C=CCCC(CCC)OC.CC. The molecule has 10 heteroatoms. The third kappa shape index (κ3) is 8.31. The molecular formula is C38H51F2N5O2S. The number of nitrogens with zero attached hydrogens (tertiary/aromatic N) is 4. The number of nitrogen functional groups attached to an aromatic ring is 1. The number of halogens is 2. The Kier molecular flexibility index (Phi) is 15.2. The molecule has 3 aromatic rings. The number of methoxy groups -OCH3 is 1. The highest BCUT2D eigenvalue weighted by Crippen LogP contribution is 2.47. The van der Waals surface area contributed by atoms with Crippen LogP contribution >= 0.6 is 11.3 Å². The third-order valence-electron chi connectivity index (χ3n) is 8.69. The minimum Gasteiger partial charge on any atom is -0.389 e. The number of rotatable bonds is 11. The number of hydrogen-bond acceptors (Lipinski definition) is 8. The number of aromatic nitrogens is 2. The Morgan fingerprint density at radius 3 is 2.48 bits per heavy atom. The predicted octanol–water partition coefficient (Wildman–Crippen LogP) is 10.3. The van der Waals surface area contributed by atoms with Gasteiger partial charge >= 0.3 is 0 Å². The number of fused-ring (bicyclic) bond motifs is 3. The highest BCUT2D eigenvalue weighted by molar-refractivity contribution is 7.17. The van der Waals surface area contributed by atoms with Crippen molar-refractivity contribution in [2.45, 2.75) is 106 Å². The molecule has 0 radical (unpaired) electrons. The predicted molar refractivity (Wildman–Crippen MR) is 196 cm³/mol. The van der Waals surface area contributed by atoms with E-state index in [4.69, 9.17) is 15.2 Å². The third-order valence-corrected chi connectivity index (χ3v) is 9.72. The van der Waals surface area contributed by atoms with Crippen LogP contribution in [0.3, 0.4) is 0 Å². The van der Waals surface area contributed by atoms with Crippen molar-refractivity contribution in [3.05, 3.63) is 69.0 Å². The number of hydrogen-bond donors (Lipinski definition) is 1. The summed E-state index contributed by atoms with van der Waals surface area (Å²) in [5.74, 6) is -0.516. The van der Waals surface area contributed by atoms with Crippen molar-refractivity contribution < 1.29 is 18.3 Å². The van der Waals surface area contributed by atoms with E-state index in [1.807, 2.05) is 33.8 Å². The molecule has 4 heterocycles. The molecular weight excluding hydrogens is 629 g/mol. The van der Waals surface area contributed by atoms with Crippen molar-refractivity contribution in [1.29, 1.82) is 5.26 Å². The molecule has 2 N–H and O–H groups in total. The molecule has 2 aliphatic rings. The zero-order valence-electron chi connectivity index (χ0n) is 29.6. The molecule has 1 fully saturated rings. The van der Waals surface area contributed by atoms with Gasteiger partial charge in [-0.1, -0.05) is 51.8 Å². The molecule has 7 nitrogen and oxygen atoms in total. The first-order chi connectivity index (χ1) is 23.3. The summed E-state index contributed by atoms with van der Waals surface area (Å²) < 4.78 is 42.8. The van der Waals surface area contributed by atoms with E-state index in [9.17, 15) is 5.26 Å². The van der Waals surface area contributed by atoms with Gasteiger partial charge in [0.15, 0.2) is 5.82 Å². The number of nitriles is 1. The van der Waals surface area contributed by atoms with Crippen molar-refractivity contribution in [2.75, 3.05) is 30.8 Å². The van der Waals surface area contributed by atoms with Crippen LogP contribution in [-0.2, 0) is 22.7 Å². The molecule has 1 unspecified atom stereocenters. The zero-order chi connectivity index (χ0) is 35.4. The molecule has 1 aromatic carbocycles. The Balaban J connectivity index is 0.000000449. The number of nitrogens with two attached hydrogens (primary N) is 1. The van der Waals surface area contributed by atoms with Crippen molar-refractivity contribution in [3.63, 3.8) is 0 Å². The van der Waals surface area contributed by atoms with Gasteiger partial charge < -0.3 is 20.1 Å². The van der Waals surface area contributed by atoms with E-state index in [1.54, 1.807) is 20.2 Å². The molecule has 2 aromatic heterocycles. The summed E-state index contributed by atoms with van der Waals surface area (Å²) in [7, 11) is 1.78. The second-order valence-electron chi connectivity index (χ2n) is 11.6. The molecule has 1 saturated heterocycles. The average molecular weight is 680 g/mol. The lowest BCUT2D eigenvalue weighted by Crippen LogP contribution is -2.20. The molecule has 0 amide bonds. The largest absolute Gasteiger partial charge is 0.389 e. The van der Waals surface area contributed by atoms with Gasteiger partial charge in [0.25, 0.3) is 0 Å². The summed E-state index contributed by atoms with van der Waals surface area (Å²) in [5, 5.41) is 10.8. The van der Waals surface area contributed by atoms with Crippen molar-refractivity contribution in [1.82, 2.24) is 9.97 Å². The van der Waals surface area contributed by atoms with Gasteiger partial charge in [0.05, 0.1) is 29.8 Å². The van der Waals surface area contributed by atoms with Crippen LogP contribution in [0.25, 0.3) is 22.3 Å². The van der Waals surface area contributed by atoms with Gasteiger partial charge in [0, 0.05) is 42.9 Å². The summed E-state index contributed by atoms with van der Waals surface area (Å²) in [5.41, 5.74) is 9.97. The number of thiophene rings is 1. The van der Waals surface area contributed by atoms with Gasteiger partial charge in [-0.15, -0.1) is 17.9 Å². The van der Waals surface area contributed by atoms with Crippen molar-refractivity contribution in [2.24, 2.45) is 0 Å². The minimum absolute atomic E-state index is 0.155. The Morgan fingerprint density at radius 2 is 1.90 bits per heavy atom. The van der Waals surface area contributed by atoms with Gasteiger partial charge in [-0.3, -0.25) is 0 Å². The fraction of sp³-hybridized carbons (Fsp3) is 0.500. The monoisotopic (exact) mass is 679 g/mol. The quantitative estimate of drug-likeness (QED) is 0.201. The topological polar surface area (TPSA) is 97.3 Å². The second-order valence-corrected chi connectivity index (χ2v) is 12.6. The Hall–Kier alpha value is -3.65. The molecule has 48 heavy (non-hydrogen) atoms. The molecule has 260 valence electrons. The van der Waals surface area contributed by atoms with Gasteiger partial charge in [0.1, 0.15) is 22.4 Å². The maximum absolute atomic E-state index is 16.7. The number of ether oxygens (including phenoxy) is 2. The smallest absolute Gasteiger partial charge is 0.225 e. The second kappa shape index (κ2) is 18.8. The highest BCUT2D eigenvalue weighted by atomic mass is 32.1. The fourth-order valence-electron chi connectivity index (χ4n) is 6.07. The number of allylic oxidation sites excluding steroid dienone is 3. The van der Waals surface area contributed by atoms with Crippen LogP contribution in [0.4, 0.5) is 19.7 Å². The standard InChI is InChI=1S/C27H27F2N5OS.C9H18O.C2H6/c1-4-14(3)20(22-15(10-30)26(31)36-25(22)19(28)5-2)21-18-13-35-12-17(18)16-11-32-27(33-24(16)23(21)29)34-8-6-7-9-34;1-4-6-8-9(10-3)7-5-2;1-2/h5,11H,4,6-9,12-13,31H2,1-3H3;4,9H,1,5-8H2,2-3H3;1-2H3/b19-5+,20-14+;;. The summed E-state index contributed by atoms with van der Waals surface area (Å²) in [6.45, 7) is 17.4. The average Bonchev–Trinajstić information content (AvgIpc) is 3.90. The van der Waals surface area contributed by atoms with Gasteiger partial charge in [0.2, 0.25) is 5.95 Å². The van der Waals surface area contributed by atoms with E-state index in [2.05, 4.69) is 34.4 Å². The summed E-state index contributed by atoms with van der Waals surface area (Å²) in [6.07, 6.45) is 12.6. The van der Waals surface area contributed by atoms with Crippen LogP contribution in [0.5, 0.6) is 0 Å². The van der Waals surface area contributed by atoms with Gasteiger partial charge in [-0.25, -0.2) is 18.7 Å². The fourth-order valence-corrected chi connectivity index (χ4v) is 7.06. The molecule has 0 bridgehead atoms. The first-order valence-corrected chi connectivity index (χ1v) is 17.9. The van der Waals surface area contributed by atoms with Crippen LogP contribution in [-0.4, -0.2) is 36.3 Å². The molecule has 2 aliphatic heterocycles. The van der Waals surface area contributed by atoms with E-state index in [0.717, 1.165) is 61.2 Å². The maximum atomic E-state index is 16.7. The lowest BCUT2D eigenvalue weighted by molar-refractivity contribution is 0.0882. The Labute approximate surface area is 289 Å². The van der Waals surface area contributed by atoms with E-state index in [-0.39, 0.29) is 27.6 Å².